The maximum absolute atomic E-state index is 12.3. The van der Waals surface area contributed by atoms with Gasteiger partial charge in [0, 0.05) is 31.7 Å². The molecule has 3 rings (SSSR count). The zero-order chi connectivity index (χ0) is 18.0. The number of nitrogens with zero attached hydrogens (tertiary/aromatic N) is 4. The molecule has 138 valence electrons. The molecule has 1 saturated carbocycles. The van der Waals surface area contributed by atoms with Crippen LogP contribution in [0, 0.1) is 11.3 Å². The van der Waals surface area contributed by atoms with Gasteiger partial charge in [-0.05, 0) is 31.6 Å². The summed E-state index contributed by atoms with van der Waals surface area (Å²) in [6.07, 6.45) is 4.29. The molecule has 1 amide bonds. The Hall–Kier alpha value is -1.96. The summed E-state index contributed by atoms with van der Waals surface area (Å²) in [7, 11) is 0. The van der Waals surface area contributed by atoms with E-state index in [0.717, 1.165) is 25.8 Å². The van der Waals surface area contributed by atoms with Crippen LogP contribution in [-0.2, 0) is 9.53 Å². The number of amides is 1. The average Bonchev–Trinajstić information content (AvgIpc) is 2.83. The van der Waals surface area contributed by atoms with Crippen LogP contribution in [0.25, 0.3) is 0 Å². The van der Waals surface area contributed by atoms with Crippen molar-refractivity contribution in [2.24, 2.45) is 11.3 Å². The number of anilines is 2. The molecule has 1 aliphatic heterocycles. The van der Waals surface area contributed by atoms with Gasteiger partial charge in [-0.1, -0.05) is 13.8 Å². The molecule has 25 heavy (non-hydrogen) atoms. The maximum atomic E-state index is 12.3. The smallest absolute Gasteiger partial charge is 0.230 e. The molecule has 1 aromatic rings. The number of hydrogen-bond acceptors (Lipinski definition) is 7. The van der Waals surface area contributed by atoms with Crippen molar-refractivity contribution < 1.29 is 9.53 Å². The minimum absolute atomic E-state index is 0.0761. The Balaban J connectivity index is 1.57. The first-order chi connectivity index (χ1) is 11.9. The predicted molar refractivity (Wildman–Crippen MR) is 94.9 cm³/mol. The van der Waals surface area contributed by atoms with Crippen LogP contribution in [0.2, 0.25) is 0 Å². The van der Waals surface area contributed by atoms with Crippen LogP contribution in [0.4, 0.5) is 11.9 Å². The van der Waals surface area contributed by atoms with Crippen molar-refractivity contribution in [2.75, 3.05) is 30.3 Å². The van der Waals surface area contributed by atoms with Crippen LogP contribution in [0.5, 0.6) is 0 Å². The zero-order valence-electron chi connectivity index (χ0n) is 15.2. The van der Waals surface area contributed by atoms with Crippen molar-refractivity contribution in [1.82, 2.24) is 20.3 Å². The highest BCUT2D eigenvalue weighted by Gasteiger charge is 2.40. The summed E-state index contributed by atoms with van der Waals surface area (Å²) in [5, 5.41) is 3.10. The van der Waals surface area contributed by atoms with Gasteiger partial charge < -0.3 is 20.7 Å². The largest absolute Gasteiger partial charge is 0.378 e. The molecule has 1 atom stereocenters. The van der Waals surface area contributed by atoms with Crippen molar-refractivity contribution in [3.8, 4) is 0 Å². The number of carbonyl (C=O) groups excluding carboxylic acids is 1. The average molecular weight is 348 g/mol. The summed E-state index contributed by atoms with van der Waals surface area (Å²) in [5.74, 6) is 0.995. The molecule has 2 fully saturated rings. The fourth-order valence-corrected chi connectivity index (χ4v) is 3.77. The summed E-state index contributed by atoms with van der Waals surface area (Å²) in [5.41, 5.74) is 5.83. The Morgan fingerprint density at radius 3 is 2.88 bits per heavy atom. The van der Waals surface area contributed by atoms with E-state index in [-0.39, 0.29) is 35.3 Å². The SMILES string of the molecule is CCOC1CC(C(=O)NC[C@@H]2CC(C)(C)CN2c2ncnc(N)n2)C1. The predicted octanol–water partition coefficient (Wildman–Crippen LogP) is 0.990. The number of carbonyl (C=O) groups is 1. The molecule has 0 radical (unpaired) electrons. The molecule has 0 spiro atoms. The molecular weight excluding hydrogens is 320 g/mol. The summed E-state index contributed by atoms with van der Waals surface area (Å²) >= 11 is 0. The van der Waals surface area contributed by atoms with Gasteiger partial charge >= 0.3 is 0 Å². The molecule has 3 N–H and O–H groups in total. The van der Waals surface area contributed by atoms with Gasteiger partial charge in [-0.15, -0.1) is 0 Å². The minimum Gasteiger partial charge on any atom is -0.378 e. The molecule has 1 saturated heterocycles. The summed E-state index contributed by atoms with van der Waals surface area (Å²) in [6.45, 7) is 8.53. The Kier molecular flexibility index (Phi) is 5.08. The van der Waals surface area contributed by atoms with Gasteiger partial charge in [0.1, 0.15) is 6.33 Å². The Bertz CT molecular complexity index is 617. The molecule has 1 aliphatic carbocycles. The standard InChI is InChI=1S/C17H28N6O2/c1-4-25-13-5-11(6-13)14(24)19-8-12-7-17(2,3)9-23(12)16-21-10-20-15(18)22-16/h10-13H,4-9H2,1-3H3,(H,19,24)(H2,18,20,21,22)/t11?,12-,13?/m0/s1. The number of rotatable bonds is 6. The number of nitrogens with one attached hydrogen (secondary N) is 1. The first-order valence-corrected chi connectivity index (χ1v) is 8.98. The second-order valence-electron chi connectivity index (χ2n) is 7.78. The lowest BCUT2D eigenvalue weighted by Crippen LogP contribution is -2.46. The van der Waals surface area contributed by atoms with Crippen LogP contribution < -0.4 is 16.0 Å². The quantitative estimate of drug-likeness (QED) is 0.789. The van der Waals surface area contributed by atoms with Crippen molar-refractivity contribution in [3.63, 3.8) is 0 Å². The number of hydrogen-bond donors (Lipinski definition) is 2. The zero-order valence-corrected chi connectivity index (χ0v) is 15.2. The number of aromatic nitrogens is 3. The molecule has 1 aromatic heterocycles. The van der Waals surface area contributed by atoms with Crippen molar-refractivity contribution in [1.29, 1.82) is 0 Å². The molecule has 0 aromatic carbocycles. The van der Waals surface area contributed by atoms with E-state index in [0.29, 0.717) is 19.1 Å². The van der Waals surface area contributed by atoms with Gasteiger partial charge in [0.15, 0.2) is 0 Å². The van der Waals surface area contributed by atoms with Gasteiger partial charge in [-0.25, -0.2) is 9.97 Å². The fourth-order valence-electron chi connectivity index (χ4n) is 3.77. The third-order valence-electron chi connectivity index (χ3n) is 5.04. The third-order valence-corrected chi connectivity index (χ3v) is 5.04. The van der Waals surface area contributed by atoms with E-state index in [1.54, 1.807) is 0 Å². The molecule has 8 heteroatoms. The molecule has 0 unspecified atom stereocenters. The highest BCUT2D eigenvalue weighted by atomic mass is 16.5. The topological polar surface area (TPSA) is 106 Å². The fraction of sp³-hybridized carbons (Fsp3) is 0.765. The van der Waals surface area contributed by atoms with Gasteiger partial charge in [0.05, 0.1) is 6.10 Å². The molecule has 0 bridgehead atoms. The molecular formula is C17H28N6O2. The Labute approximate surface area is 148 Å². The highest BCUT2D eigenvalue weighted by molar-refractivity contribution is 5.79. The van der Waals surface area contributed by atoms with Gasteiger partial charge in [-0.3, -0.25) is 4.79 Å². The van der Waals surface area contributed by atoms with Crippen molar-refractivity contribution in [3.05, 3.63) is 6.33 Å². The molecule has 2 heterocycles. The summed E-state index contributed by atoms with van der Waals surface area (Å²) < 4.78 is 5.53. The van der Waals surface area contributed by atoms with Crippen LogP contribution in [-0.4, -0.2) is 52.7 Å². The highest BCUT2D eigenvalue weighted by Crippen LogP contribution is 2.36. The van der Waals surface area contributed by atoms with Crippen LogP contribution >= 0.6 is 0 Å². The van der Waals surface area contributed by atoms with E-state index in [4.69, 9.17) is 10.5 Å². The van der Waals surface area contributed by atoms with Gasteiger partial charge in [0.25, 0.3) is 0 Å². The number of nitrogen functional groups attached to an aromatic ring is 1. The lowest BCUT2D eigenvalue weighted by molar-refractivity contribution is -0.133. The Morgan fingerprint density at radius 2 is 2.20 bits per heavy atom. The molecule has 2 aliphatic rings. The maximum Gasteiger partial charge on any atom is 0.230 e. The summed E-state index contributed by atoms with van der Waals surface area (Å²) in [6, 6.07) is 0.156. The van der Waals surface area contributed by atoms with Gasteiger partial charge in [0.2, 0.25) is 17.8 Å². The van der Waals surface area contributed by atoms with Gasteiger partial charge in [-0.2, -0.15) is 4.98 Å². The monoisotopic (exact) mass is 348 g/mol. The lowest BCUT2D eigenvalue weighted by atomic mass is 9.81. The first-order valence-electron chi connectivity index (χ1n) is 8.98. The van der Waals surface area contributed by atoms with E-state index < -0.39 is 0 Å². The van der Waals surface area contributed by atoms with Crippen LogP contribution in [0.3, 0.4) is 0 Å². The third kappa shape index (κ3) is 4.18. The van der Waals surface area contributed by atoms with E-state index >= 15 is 0 Å². The second kappa shape index (κ2) is 7.11. The Morgan fingerprint density at radius 1 is 1.44 bits per heavy atom. The minimum atomic E-state index is 0.0761. The lowest BCUT2D eigenvalue weighted by Gasteiger charge is -2.34. The van der Waals surface area contributed by atoms with E-state index in [1.165, 1.54) is 6.33 Å². The van der Waals surface area contributed by atoms with E-state index in [9.17, 15) is 4.79 Å². The second-order valence-corrected chi connectivity index (χ2v) is 7.78. The number of nitrogens with two attached hydrogens (primary N) is 1. The number of ether oxygens (including phenoxy) is 1. The van der Waals surface area contributed by atoms with E-state index in [1.807, 2.05) is 6.92 Å². The van der Waals surface area contributed by atoms with E-state index in [2.05, 4.69) is 39.0 Å². The van der Waals surface area contributed by atoms with Crippen LogP contribution in [0.15, 0.2) is 6.33 Å². The summed E-state index contributed by atoms with van der Waals surface area (Å²) in [4.78, 5) is 26.8. The van der Waals surface area contributed by atoms with Crippen molar-refractivity contribution in [2.45, 2.75) is 52.2 Å². The molecule has 8 nitrogen and oxygen atoms in total. The van der Waals surface area contributed by atoms with Crippen LogP contribution in [0.1, 0.15) is 40.0 Å². The first kappa shape index (κ1) is 17.8. The van der Waals surface area contributed by atoms with Crippen molar-refractivity contribution >= 4 is 17.8 Å². The normalized spacial score (nSPS) is 27.8.